The smallest absolute Gasteiger partial charge is 0.390 e. The highest BCUT2D eigenvalue weighted by molar-refractivity contribution is 5.83. The zero-order valence-corrected chi connectivity index (χ0v) is 19.8. The van der Waals surface area contributed by atoms with Crippen LogP contribution in [-0.2, 0) is 25.4 Å². The molecule has 0 aliphatic carbocycles. The second-order valence-electron chi connectivity index (χ2n) is 8.15. The van der Waals surface area contributed by atoms with Gasteiger partial charge in [-0.25, -0.2) is 15.2 Å². The largest absolute Gasteiger partial charge is 0.429 e. The van der Waals surface area contributed by atoms with Crippen molar-refractivity contribution in [1.82, 2.24) is 10.4 Å². The fourth-order valence-corrected chi connectivity index (χ4v) is 3.43. The van der Waals surface area contributed by atoms with Crippen molar-refractivity contribution in [3.63, 3.8) is 0 Å². The Balaban J connectivity index is 2.24. The molecule has 0 aliphatic heterocycles. The SMILES string of the molecule is CCOC(C)(OCC)OC(=O)N(NCCC(C)C)C(C=O)Cc1ccc2ccccc2c1. The summed E-state index contributed by atoms with van der Waals surface area (Å²) in [6.45, 7) is 10.4. The summed E-state index contributed by atoms with van der Waals surface area (Å²) >= 11 is 0. The van der Waals surface area contributed by atoms with Crippen molar-refractivity contribution in [3.8, 4) is 0 Å². The molecule has 0 aromatic heterocycles. The Labute approximate surface area is 191 Å². The Bertz CT molecular complexity index is 864. The van der Waals surface area contributed by atoms with Crippen molar-refractivity contribution in [1.29, 1.82) is 0 Å². The van der Waals surface area contributed by atoms with E-state index in [4.69, 9.17) is 14.2 Å². The quantitative estimate of drug-likeness (QED) is 0.274. The van der Waals surface area contributed by atoms with E-state index in [-0.39, 0.29) is 0 Å². The number of fused-ring (bicyclic) bond motifs is 1. The molecule has 2 aromatic carbocycles. The number of hydrogen-bond donors (Lipinski definition) is 1. The molecule has 7 heteroatoms. The molecule has 2 rings (SSSR count). The summed E-state index contributed by atoms with van der Waals surface area (Å²) < 4.78 is 16.6. The summed E-state index contributed by atoms with van der Waals surface area (Å²) in [5.41, 5.74) is 4.03. The zero-order valence-electron chi connectivity index (χ0n) is 19.8. The average Bonchev–Trinajstić information content (AvgIpc) is 2.75. The van der Waals surface area contributed by atoms with E-state index in [0.29, 0.717) is 32.1 Å². The Kier molecular flexibility index (Phi) is 10.1. The first-order valence-electron chi connectivity index (χ1n) is 11.3. The van der Waals surface area contributed by atoms with E-state index in [0.717, 1.165) is 29.0 Å². The van der Waals surface area contributed by atoms with Crippen LogP contribution in [0.25, 0.3) is 10.8 Å². The maximum absolute atomic E-state index is 13.1. The van der Waals surface area contributed by atoms with Gasteiger partial charge in [-0.15, -0.1) is 0 Å². The van der Waals surface area contributed by atoms with Crippen LogP contribution in [-0.4, -0.2) is 49.2 Å². The predicted octanol–water partition coefficient (Wildman–Crippen LogP) is 4.69. The number of nitrogens with one attached hydrogen (secondary N) is 1. The van der Waals surface area contributed by atoms with Crippen LogP contribution in [0.2, 0.25) is 0 Å². The summed E-state index contributed by atoms with van der Waals surface area (Å²) in [5, 5.41) is 3.45. The normalized spacial score (nSPS) is 12.7. The Morgan fingerprint density at radius 1 is 1.09 bits per heavy atom. The molecule has 0 saturated carbocycles. The van der Waals surface area contributed by atoms with Crippen LogP contribution >= 0.6 is 0 Å². The summed E-state index contributed by atoms with van der Waals surface area (Å²) in [4.78, 5) is 25.2. The predicted molar refractivity (Wildman–Crippen MR) is 125 cm³/mol. The fraction of sp³-hybridized carbons (Fsp3) is 0.520. The number of carbonyl (C=O) groups is 2. The minimum Gasteiger partial charge on any atom is -0.390 e. The lowest BCUT2D eigenvalue weighted by Gasteiger charge is -2.33. The molecule has 0 bridgehead atoms. The van der Waals surface area contributed by atoms with Gasteiger partial charge in [-0.3, -0.25) is 0 Å². The first-order chi connectivity index (χ1) is 15.3. The minimum absolute atomic E-state index is 0.304. The van der Waals surface area contributed by atoms with Gasteiger partial charge in [0.2, 0.25) is 0 Å². The van der Waals surface area contributed by atoms with Gasteiger partial charge >= 0.3 is 12.1 Å². The lowest BCUT2D eigenvalue weighted by molar-refractivity contribution is -0.344. The molecule has 0 saturated heterocycles. The van der Waals surface area contributed by atoms with Crippen LogP contribution in [0.15, 0.2) is 42.5 Å². The van der Waals surface area contributed by atoms with Gasteiger partial charge in [0.15, 0.2) is 0 Å². The molecular weight excluding hydrogens is 408 g/mol. The maximum Gasteiger partial charge on any atom is 0.429 e. The number of hydrazine groups is 1. The molecule has 1 unspecified atom stereocenters. The third-order valence-electron chi connectivity index (χ3n) is 5.03. The second kappa shape index (κ2) is 12.5. The van der Waals surface area contributed by atoms with Crippen molar-refractivity contribution in [2.75, 3.05) is 19.8 Å². The number of amides is 1. The Hall–Kier alpha value is -2.48. The van der Waals surface area contributed by atoms with Crippen molar-refractivity contribution >= 4 is 23.2 Å². The number of carbonyl (C=O) groups excluding carboxylic acids is 2. The molecule has 0 spiro atoms. The van der Waals surface area contributed by atoms with Gasteiger partial charge < -0.3 is 19.0 Å². The van der Waals surface area contributed by atoms with E-state index in [1.165, 1.54) is 5.01 Å². The third-order valence-corrected chi connectivity index (χ3v) is 5.03. The van der Waals surface area contributed by atoms with Crippen molar-refractivity contribution in [2.24, 2.45) is 5.92 Å². The molecule has 0 radical (unpaired) electrons. The van der Waals surface area contributed by atoms with Crippen LogP contribution < -0.4 is 5.43 Å². The van der Waals surface area contributed by atoms with E-state index >= 15 is 0 Å². The van der Waals surface area contributed by atoms with Crippen molar-refractivity contribution < 1.29 is 23.8 Å². The molecule has 1 N–H and O–H groups in total. The first kappa shape index (κ1) is 25.8. The van der Waals surface area contributed by atoms with E-state index in [1.54, 1.807) is 20.8 Å². The van der Waals surface area contributed by atoms with Crippen LogP contribution in [0.1, 0.15) is 46.6 Å². The van der Waals surface area contributed by atoms with Gasteiger partial charge in [-0.1, -0.05) is 56.3 Å². The highest BCUT2D eigenvalue weighted by Gasteiger charge is 2.35. The molecule has 176 valence electrons. The van der Waals surface area contributed by atoms with E-state index in [9.17, 15) is 9.59 Å². The number of ether oxygens (including phenoxy) is 3. The van der Waals surface area contributed by atoms with Gasteiger partial charge in [-0.2, -0.15) is 0 Å². The molecule has 1 atom stereocenters. The Morgan fingerprint density at radius 3 is 2.34 bits per heavy atom. The third kappa shape index (κ3) is 7.58. The molecule has 0 aliphatic rings. The number of nitrogens with zero attached hydrogens (tertiary/aromatic N) is 1. The van der Waals surface area contributed by atoms with Crippen LogP contribution in [0.5, 0.6) is 0 Å². The van der Waals surface area contributed by atoms with Crippen molar-refractivity contribution in [3.05, 3.63) is 48.0 Å². The molecule has 1 amide bonds. The van der Waals surface area contributed by atoms with E-state index in [2.05, 4.69) is 19.3 Å². The van der Waals surface area contributed by atoms with Crippen LogP contribution in [0, 0.1) is 5.92 Å². The fourth-order valence-electron chi connectivity index (χ4n) is 3.43. The van der Waals surface area contributed by atoms with Gasteiger partial charge in [0.1, 0.15) is 12.3 Å². The van der Waals surface area contributed by atoms with E-state index < -0.39 is 18.1 Å². The van der Waals surface area contributed by atoms with Crippen molar-refractivity contribution in [2.45, 2.75) is 59.5 Å². The maximum atomic E-state index is 13.1. The summed E-state index contributed by atoms with van der Waals surface area (Å²) in [6, 6.07) is 13.3. The minimum atomic E-state index is -1.53. The standard InChI is InChI=1S/C25H36N2O5/c1-6-30-25(5,31-7-2)32-24(29)27(26-15-14-19(3)4)23(18-28)17-20-12-13-21-10-8-9-11-22(21)16-20/h8-13,16,18-19,23,26H,6-7,14-15,17H2,1-5H3. The molecule has 7 nitrogen and oxygen atoms in total. The zero-order chi connectivity index (χ0) is 23.6. The molecular formula is C25H36N2O5. The Morgan fingerprint density at radius 2 is 1.75 bits per heavy atom. The number of aldehydes is 1. The van der Waals surface area contributed by atoms with E-state index in [1.807, 2.05) is 42.5 Å². The highest BCUT2D eigenvalue weighted by atomic mass is 16.9. The summed E-state index contributed by atoms with van der Waals surface area (Å²) in [6.07, 6.45) is 1.21. The van der Waals surface area contributed by atoms with Crippen LogP contribution in [0.4, 0.5) is 4.79 Å². The second-order valence-corrected chi connectivity index (χ2v) is 8.15. The number of hydrogen-bond acceptors (Lipinski definition) is 6. The highest BCUT2D eigenvalue weighted by Crippen LogP contribution is 2.20. The number of rotatable bonds is 13. The monoisotopic (exact) mass is 444 g/mol. The van der Waals surface area contributed by atoms with Crippen LogP contribution in [0.3, 0.4) is 0 Å². The molecule has 2 aromatic rings. The van der Waals surface area contributed by atoms with Gasteiger partial charge in [0, 0.05) is 19.9 Å². The number of benzene rings is 2. The summed E-state index contributed by atoms with van der Waals surface area (Å²) in [5.74, 6) is -1.10. The van der Waals surface area contributed by atoms with Gasteiger partial charge in [0.25, 0.3) is 0 Å². The average molecular weight is 445 g/mol. The first-order valence-corrected chi connectivity index (χ1v) is 11.3. The summed E-state index contributed by atoms with van der Waals surface area (Å²) in [7, 11) is 0. The lowest BCUT2D eigenvalue weighted by Crippen LogP contribution is -2.54. The molecule has 0 heterocycles. The lowest BCUT2D eigenvalue weighted by atomic mass is 10.0. The topological polar surface area (TPSA) is 77.1 Å². The molecule has 32 heavy (non-hydrogen) atoms. The molecule has 0 fully saturated rings. The van der Waals surface area contributed by atoms with Gasteiger partial charge in [-0.05, 0) is 42.5 Å². The van der Waals surface area contributed by atoms with Gasteiger partial charge in [0.05, 0.1) is 13.2 Å².